The highest BCUT2D eigenvalue weighted by molar-refractivity contribution is 5.91. The molecule has 138 valence electrons. The van der Waals surface area contributed by atoms with Crippen molar-refractivity contribution in [3.05, 3.63) is 79.0 Å². The van der Waals surface area contributed by atoms with E-state index in [1.54, 1.807) is 6.20 Å². The van der Waals surface area contributed by atoms with Crippen molar-refractivity contribution in [2.75, 3.05) is 18.0 Å². The van der Waals surface area contributed by atoms with Gasteiger partial charge in [0.1, 0.15) is 23.4 Å². The fraction of sp³-hybridized carbons (Fsp3) is 0.174. The molecule has 1 unspecified atom stereocenters. The van der Waals surface area contributed by atoms with Crippen molar-refractivity contribution in [2.24, 2.45) is 0 Å². The maximum atomic E-state index is 6.16. The van der Waals surface area contributed by atoms with Gasteiger partial charge in [0.2, 0.25) is 0 Å². The van der Waals surface area contributed by atoms with E-state index in [0.29, 0.717) is 5.82 Å². The van der Waals surface area contributed by atoms with Crippen molar-refractivity contribution in [3.63, 3.8) is 0 Å². The third-order valence-corrected chi connectivity index (χ3v) is 4.97. The van der Waals surface area contributed by atoms with Gasteiger partial charge >= 0.3 is 0 Å². The van der Waals surface area contributed by atoms with E-state index in [1.807, 2.05) is 66.7 Å². The molecule has 0 spiro atoms. The van der Waals surface area contributed by atoms with E-state index < -0.39 is 0 Å². The number of ether oxygens (including phenoxy) is 1. The number of benzene rings is 2. The Balaban J connectivity index is 1.48. The van der Waals surface area contributed by atoms with Crippen LogP contribution in [0.4, 0.5) is 5.82 Å². The van der Waals surface area contributed by atoms with E-state index in [9.17, 15) is 0 Å². The summed E-state index contributed by atoms with van der Waals surface area (Å²) < 4.78 is 6.16. The molecule has 3 heterocycles. The van der Waals surface area contributed by atoms with Gasteiger partial charge in [-0.2, -0.15) is 0 Å². The van der Waals surface area contributed by atoms with Crippen molar-refractivity contribution in [3.8, 4) is 17.3 Å². The van der Waals surface area contributed by atoms with Crippen molar-refractivity contribution < 1.29 is 4.74 Å². The Morgan fingerprint density at radius 2 is 1.68 bits per heavy atom. The van der Waals surface area contributed by atoms with Gasteiger partial charge in [-0.1, -0.05) is 36.4 Å². The van der Waals surface area contributed by atoms with Crippen molar-refractivity contribution in [1.82, 2.24) is 15.0 Å². The molecule has 28 heavy (non-hydrogen) atoms. The molecule has 0 N–H and O–H groups in total. The molecule has 4 aromatic rings. The molecular weight excluding hydrogens is 348 g/mol. The third-order valence-electron chi connectivity index (χ3n) is 4.97. The van der Waals surface area contributed by atoms with Gasteiger partial charge in [-0.25, -0.2) is 9.97 Å². The molecule has 5 nitrogen and oxygen atoms in total. The molecule has 0 bridgehead atoms. The lowest BCUT2D eigenvalue weighted by molar-refractivity contribution is 0.225. The van der Waals surface area contributed by atoms with Gasteiger partial charge in [0.15, 0.2) is 5.82 Å². The number of para-hydroxylation sites is 2. The Bertz CT molecular complexity index is 1090. The number of rotatable bonds is 4. The zero-order valence-corrected chi connectivity index (χ0v) is 15.4. The number of fused-ring (bicyclic) bond motifs is 1. The van der Waals surface area contributed by atoms with Crippen LogP contribution in [0.3, 0.4) is 0 Å². The van der Waals surface area contributed by atoms with Gasteiger partial charge < -0.3 is 9.64 Å². The Morgan fingerprint density at radius 3 is 2.54 bits per heavy atom. The first-order chi connectivity index (χ1) is 13.9. The third kappa shape index (κ3) is 3.27. The van der Waals surface area contributed by atoms with E-state index >= 15 is 0 Å². The predicted octanol–water partition coefficient (Wildman–Crippen LogP) is 4.35. The molecule has 0 aliphatic carbocycles. The summed E-state index contributed by atoms with van der Waals surface area (Å²) in [5.74, 6) is 2.52. The normalized spacial score (nSPS) is 16.4. The van der Waals surface area contributed by atoms with Crippen LogP contribution in [0.15, 0.2) is 79.0 Å². The van der Waals surface area contributed by atoms with Crippen LogP contribution >= 0.6 is 0 Å². The minimum atomic E-state index is 0.148. The van der Waals surface area contributed by atoms with Gasteiger partial charge in [-0.3, -0.25) is 4.98 Å². The minimum absolute atomic E-state index is 0.148. The van der Waals surface area contributed by atoms with Gasteiger partial charge in [0.05, 0.1) is 12.1 Å². The first kappa shape index (κ1) is 16.7. The van der Waals surface area contributed by atoms with Crippen molar-refractivity contribution in [2.45, 2.75) is 12.5 Å². The summed E-state index contributed by atoms with van der Waals surface area (Å²) in [5, 5.41) is 1.06. The Hall–Kier alpha value is -3.47. The molecule has 2 aromatic heterocycles. The summed E-state index contributed by atoms with van der Waals surface area (Å²) in [7, 11) is 0. The lowest BCUT2D eigenvalue weighted by Gasteiger charge is -2.20. The summed E-state index contributed by atoms with van der Waals surface area (Å²) in [5.41, 5.74) is 1.71. The quantitative estimate of drug-likeness (QED) is 0.536. The molecule has 1 aliphatic heterocycles. The van der Waals surface area contributed by atoms with Crippen molar-refractivity contribution >= 4 is 16.7 Å². The maximum Gasteiger partial charge on any atom is 0.180 e. The fourth-order valence-electron chi connectivity index (χ4n) is 3.62. The largest absolute Gasteiger partial charge is 0.489 e. The smallest absolute Gasteiger partial charge is 0.180 e. The van der Waals surface area contributed by atoms with Crippen LogP contribution in [0.2, 0.25) is 0 Å². The molecule has 5 heteroatoms. The van der Waals surface area contributed by atoms with Gasteiger partial charge in [0.25, 0.3) is 0 Å². The second kappa shape index (κ2) is 7.27. The molecule has 0 radical (unpaired) electrons. The predicted molar refractivity (Wildman–Crippen MR) is 110 cm³/mol. The summed E-state index contributed by atoms with van der Waals surface area (Å²) >= 11 is 0. The number of aromatic nitrogens is 3. The number of anilines is 1. The Morgan fingerprint density at radius 1 is 0.857 bits per heavy atom. The highest BCUT2D eigenvalue weighted by Crippen LogP contribution is 2.30. The maximum absolute atomic E-state index is 6.16. The average molecular weight is 368 g/mol. The van der Waals surface area contributed by atoms with Crippen LogP contribution in [-0.2, 0) is 0 Å². The van der Waals surface area contributed by atoms with Gasteiger partial charge in [0, 0.05) is 24.5 Å². The monoisotopic (exact) mass is 368 g/mol. The van der Waals surface area contributed by atoms with Crippen LogP contribution in [0.25, 0.3) is 22.4 Å². The van der Waals surface area contributed by atoms with E-state index in [2.05, 4.69) is 16.0 Å². The molecule has 1 fully saturated rings. The van der Waals surface area contributed by atoms with Crippen molar-refractivity contribution in [1.29, 1.82) is 0 Å². The number of nitrogens with zero attached hydrogens (tertiary/aromatic N) is 4. The number of hydrogen-bond acceptors (Lipinski definition) is 5. The molecule has 5 rings (SSSR count). The molecule has 0 saturated carbocycles. The second-order valence-corrected chi connectivity index (χ2v) is 6.89. The zero-order valence-electron chi connectivity index (χ0n) is 15.4. The standard InChI is InChI=1S/C23H20N4O/c1-2-8-17(9-3-1)28-18-13-15-27(16-18)23-19-10-4-5-11-20(19)25-22(26-23)21-12-6-7-14-24-21/h1-12,14,18H,13,15-16H2. The lowest BCUT2D eigenvalue weighted by Crippen LogP contribution is -2.25. The summed E-state index contributed by atoms with van der Waals surface area (Å²) in [6.07, 6.45) is 2.88. The minimum Gasteiger partial charge on any atom is -0.489 e. The van der Waals surface area contributed by atoms with E-state index in [-0.39, 0.29) is 6.10 Å². The molecule has 1 atom stereocenters. The Labute approximate surface area is 163 Å². The topological polar surface area (TPSA) is 51.1 Å². The fourth-order valence-corrected chi connectivity index (χ4v) is 3.62. The second-order valence-electron chi connectivity index (χ2n) is 6.89. The van der Waals surface area contributed by atoms with E-state index in [4.69, 9.17) is 14.7 Å². The Kier molecular flexibility index (Phi) is 4.33. The molecule has 0 amide bonds. The average Bonchev–Trinajstić information content (AvgIpc) is 3.22. The van der Waals surface area contributed by atoms with Gasteiger partial charge in [-0.05, 0) is 36.4 Å². The first-order valence-corrected chi connectivity index (χ1v) is 9.52. The molecular formula is C23H20N4O. The van der Waals surface area contributed by atoms with Crippen LogP contribution in [0.5, 0.6) is 5.75 Å². The highest BCUT2D eigenvalue weighted by atomic mass is 16.5. The van der Waals surface area contributed by atoms with E-state index in [0.717, 1.165) is 47.7 Å². The van der Waals surface area contributed by atoms with Crippen LogP contribution in [0.1, 0.15) is 6.42 Å². The van der Waals surface area contributed by atoms with Crippen LogP contribution in [-0.4, -0.2) is 34.1 Å². The van der Waals surface area contributed by atoms with E-state index in [1.165, 1.54) is 0 Å². The van der Waals surface area contributed by atoms with Crippen LogP contribution < -0.4 is 9.64 Å². The highest BCUT2D eigenvalue weighted by Gasteiger charge is 2.27. The van der Waals surface area contributed by atoms with Crippen LogP contribution in [0, 0.1) is 0 Å². The zero-order chi connectivity index (χ0) is 18.8. The molecule has 1 aliphatic rings. The summed E-state index contributed by atoms with van der Waals surface area (Å²) in [4.78, 5) is 16.3. The number of pyridine rings is 1. The summed E-state index contributed by atoms with van der Waals surface area (Å²) in [6.45, 7) is 1.71. The number of hydrogen-bond donors (Lipinski definition) is 0. The lowest BCUT2D eigenvalue weighted by atomic mass is 10.2. The van der Waals surface area contributed by atoms with Gasteiger partial charge in [-0.15, -0.1) is 0 Å². The summed E-state index contributed by atoms with van der Waals surface area (Å²) in [6, 6.07) is 24.0. The molecule has 1 saturated heterocycles. The SMILES string of the molecule is c1ccc(OC2CCN(c3nc(-c4ccccn4)nc4ccccc34)C2)cc1. The molecule has 2 aromatic carbocycles. The first-order valence-electron chi connectivity index (χ1n) is 9.52.